The highest BCUT2D eigenvalue weighted by Gasteiger charge is 2.53. The van der Waals surface area contributed by atoms with Crippen molar-refractivity contribution in [2.24, 2.45) is 23.2 Å². The molecule has 3 aliphatic rings. The molecule has 1 amide bonds. The molecule has 3 aromatic rings. The van der Waals surface area contributed by atoms with Gasteiger partial charge in [-0.15, -0.1) is 0 Å². The van der Waals surface area contributed by atoms with Gasteiger partial charge in [-0.1, -0.05) is 42.3 Å². The van der Waals surface area contributed by atoms with E-state index < -0.39 is 5.97 Å². The van der Waals surface area contributed by atoms with Crippen LogP contribution in [0.3, 0.4) is 0 Å². The molecule has 2 aromatic carbocycles. The Bertz CT molecular complexity index is 1410. The number of carbonyl (C=O) groups is 2. The van der Waals surface area contributed by atoms with Gasteiger partial charge in [0.1, 0.15) is 0 Å². The lowest BCUT2D eigenvalue weighted by Gasteiger charge is -2.36. The normalized spacial score (nSPS) is 26.6. The molecule has 0 aliphatic heterocycles. The van der Waals surface area contributed by atoms with Crippen LogP contribution < -0.4 is 5.32 Å². The number of hydrogen-bond acceptors (Lipinski definition) is 3. The van der Waals surface area contributed by atoms with Gasteiger partial charge in [0.25, 0.3) is 5.91 Å². The first kappa shape index (κ1) is 22.3. The van der Waals surface area contributed by atoms with Crippen LogP contribution in [0.2, 0.25) is 5.02 Å². The summed E-state index contributed by atoms with van der Waals surface area (Å²) in [6.07, 6.45) is 7.21. The Morgan fingerprint density at radius 1 is 1.14 bits per heavy atom. The van der Waals surface area contributed by atoms with E-state index in [1.165, 1.54) is 19.3 Å². The van der Waals surface area contributed by atoms with E-state index in [0.717, 1.165) is 18.3 Å². The van der Waals surface area contributed by atoms with Crippen LogP contribution in [0.4, 0.5) is 0 Å². The summed E-state index contributed by atoms with van der Waals surface area (Å²) in [7, 11) is 0. The van der Waals surface area contributed by atoms with Crippen molar-refractivity contribution in [3.05, 3.63) is 76.3 Å². The van der Waals surface area contributed by atoms with E-state index in [4.69, 9.17) is 16.6 Å². The Labute approximate surface area is 209 Å². The Morgan fingerprint density at radius 3 is 2.83 bits per heavy atom. The number of nitrogens with zero attached hydrogens (tertiary/aromatic N) is 1. The molecule has 6 rings (SSSR count). The molecule has 0 spiro atoms. The summed E-state index contributed by atoms with van der Waals surface area (Å²) < 4.78 is 0. The maximum atomic E-state index is 13.4. The maximum Gasteiger partial charge on any atom is 0.335 e. The fourth-order valence-electron chi connectivity index (χ4n) is 6.78. The van der Waals surface area contributed by atoms with Crippen LogP contribution in [-0.4, -0.2) is 28.5 Å². The molecule has 2 N–H and O–H groups in total. The number of aromatic carboxylic acids is 1. The maximum absolute atomic E-state index is 13.4. The number of benzene rings is 2. The summed E-state index contributed by atoms with van der Waals surface area (Å²) in [5.74, 6) is 0.913. The first-order chi connectivity index (χ1) is 16.8. The Kier molecular flexibility index (Phi) is 5.22. The average molecular weight is 487 g/mol. The smallest absolute Gasteiger partial charge is 0.335 e. The largest absolute Gasteiger partial charge is 0.478 e. The number of nitrogens with one attached hydrogen (secondary N) is 1. The predicted octanol–water partition coefficient (Wildman–Crippen LogP) is 6.37. The molecule has 0 radical (unpaired) electrons. The quantitative estimate of drug-likeness (QED) is 0.411. The molecule has 4 unspecified atom stereocenters. The van der Waals surface area contributed by atoms with Gasteiger partial charge < -0.3 is 10.4 Å². The number of fused-ring (bicyclic) bond motifs is 2. The Morgan fingerprint density at radius 2 is 2.00 bits per heavy atom. The van der Waals surface area contributed by atoms with Gasteiger partial charge in [0.15, 0.2) is 0 Å². The Hall–Kier alpha value is -3.18. The lowest BCUT2D eigenvalue weighted by molar-refractivity contribution is 0.0696. The topological polar surface area (TPSA) is 79.3 Å². The zero-order valence-electron chi connectivity index (χ0n) is 19.6. The van der Waals surface area contributed by atoms with Crippen LogP contribution in [0.1, 0.15) is 53.3 Å². The molecular formula is C29H27ClN2O3. The second kappa shape index (κ2) is 8.20. The summed E-state index contributed by atoms with van der Waals surface area (Å²) in [5.41, 5.74) is 4.45. The Balaban J connectivity index is 1.27. The summed E-state index contributed by atoms with van der Waals surface area (Å²) in [5, 5.41) is 13.6. The summed E-state index contributed by atoms with van der Waals surface area (Å²) in [6.45, 7) is 2.96. The van der Waals surface area contributed by atoms with Crippen LogP contribution in [-0.2, 0) is 0 Å². The number of allylic oxidation sites excluding steroid dienone is 2. The van der Waals surface area contributed by atoms with E-state index in [0.29, 0.717) is 45.2 Å². The van der Waals surface area contributed by atoms with Gasteiger partial charge in [0, 0.05) is 17.5 Å². The number of hydrogen-bond donors (Lipinski definition) is 2. The molecule has 1 heterocycles. The second-order valence-corrected chi connectivity index (χ2v) is 11.1. The third-order valence-electron chi connectivity index (χ3n) is 8.22. The highest BCUT2D eigenvalue weighted by molar-refractivity contribution is 6.35. The predicted molar refractivity (Wildman–Crippen MR) is 137 cm³/mol. The van der Waals surface area contributed by atoms with Crippen molar-refractivity contribution in [3.63, 3.8) is 0 Å². The minimum Gasteiger partial charge on any atom is -0.478 e. The minimum atomic E-state index is -0.983. The first-order valence-corrected chi connectivity index (χ1v) is 12.6. The minimum absolute atomic E-state index is 0.163. The number of amides is 1. The average Bonchev–Trinajstić information content (AvgIpc) is 3.06. The van der Waals surface area contributed by atoms with Gasteiger partial charge in [-0.2, -0.15) is 0 Å². The van der Waals surface area contributed by atoms with E-state index >= 15 is 0 Å². The number of pyridine rings is 1. The van der Waals surface area contributed by atoms with Gasteiger partial charge >= 0.3 is 5.97 Å². The first-order valence-electron chi connectivity index (χ1n) is 12.2. The third-order valence-corrected chi connectivity index (χ3v) is 8.54. The molecule has 2 saturated carbocycles. The molecule has 1 aromatic heterocycles. The summed E-state index contributed by atoms with van der Waals surface area (Å²) in [4.78, 5) is 29.5. The number of carboxylic acids is 1. The van der Waals surface area contributed by atoms with Crippen molar-refractivity contribution in [2.45, 2.75) is 32.6 Å². The van der Waals surface area contributed by atoms with E-state index in [-0.39, 0.29) is 16.9 Å². The van der Waals surface area contributed by atoms with Crippen molar-refractivity contribution in [3.8, 4) is 11.3 Å². The zero-order valence-corrected chi connectivity index (χ0v) is 20.3. The summed E-state index contributed by atoms with van der Waals surface area (Å²) in [6, 6.07) is 13.8. The molecule has 4 atom stereocenters. The number of rotatable bonds is 5. The molecule has 2 bridgehead atoms. The fourth-order valence-corrected chi connectivity index (χ4v) is 7.03. The van der Waals surface area contributed by atoms with Gasteiger partial charge in [0.2, 0.25) is 0 Å². The highest BCUT2D eigenvalue weighted by Crippen LogP contribution is 2.62. The number of carbonyl (C=O) groups excluding carboxylic acids is 1. The SMILES string of the molecule is CC1C=C2CC3CC(CNC(=O)c4c(Cl)ccc5nc(-c6cccc(C(=O)O)c6)ccc45)(C1)CC23. The number of carboxylic acid groups (broad SMARTS) is 1. The van der Waals surface area contributed by atoms with E-state index in [9.17, 15) is 14.7 Å². The summed E-state index contributed by atoms with van der Waals surface area (Å²) >= 11 is 6.53. The third kappa shape index (κ3) is 3.82. The van der Waals surface area contributed by atoms with Crippen LogP contribution in [0.5, 0.6) is 0 Å². The highest BCUT2D eigenvalue weighted by atomic mass is 35.5. The van der Waals surface area contributed by atoms with Gasteiger partial charge in [-0.3, -0.25) is 4.79 Å². The zero-order chi connectivity index (χ0) is 24.3. The molecule has 178 valence electrons. The van der Waals surface area contributed by atoms with Crippen LogP contribution in [0.25, 0.3) is 22.2 Å². The van der Waals surface area contributed by atoms with Crippen molar-refractivity contribution in [1.82, 2.24) is 10.3 Å². The van der Waals surface area contributed by atoms with Gasteiger partial charge in [-0.05, 0) is 85.3 Å². The van der Waals surface area contributed by atoms with Crippen molar-refractivity contribution in [1.29, 1.82) is 0 Å². The van der Waals surface area contributed by atoms with Crippen LogP contribution >= 0.6 is 11.6 Å². The van der Waals surface area contributed by atoms with Crippen LogP contribution in [0, 0.1) is 23.2 Å². The molecule has 35 heavy (non-hydrogen) atoms. The molecule has 2 fully saturated rings. The molecule has 5 nitrogen and oxygen atoms in total. The molecule has 6 heteroatoms. The van der Waals surface area contributed by atoms with Crippen molar-refractivity contribution >= 4 is 34.4 Å². The lowest BCUT2D eigenvalue weighted by atomic mass is 9.69. The molecule has 0 saturated heterocycles. The van der Waals surface area contributed by atoms with Crippen LogP contribution in [0.15, 0.2) is 60.2 Å². The van der Waals surface area contributed by atoms with E-state index in [2.05, 4.69) is 18.3 Å². The van der Waals surface area contributed by atoms with E-state index in [1.54, 1.807) is 35.9 Å². The van der Waals surface area contributed by atoms with Crippen molar-refractivity contribution in [2.75, 3.05) is 6.54 Å². The fraction of sp³-hybridized carbons (Fsp3) is 0.345. The molecular weight excluding hydrogens is 460 g/mol. The van der Waals surface area contributed by atoms with E-state index in [1.807, 2.05) is 18.2 Å². The lowest BCUT2D eigenvalue weighted by Crippen LogP contribution is -2.37. The van der Waals surface area contributed by atoms with Gasteiger partial charge in [-0.25, -0.2) is 9.78 Å². The number of halogens is 1. The van der Waals surface area contributed by atoms with Gasteiger partial charge in [0.05, 0.1) is 27.4 Å². The monoisotopic (exact) mass is 486 g/mol. The van der Waals surface area contributed by atoms with Crippen molar-refractivity contribution < 1.29 is 14.7 Å². The standard InChI is InChI=1S/C29H27ClN2O3/c1-16-9-19-11-20-13-29(12-16,14-22(19)20)15-31-27(33)26-21-5-7-24(32-25(21)8-6-23(26)30)17-3-2-4-18(10-17)28(34)35/h2-10,16,20,22H,11-15H2,1H3,(H,31,33)(H,34,35). The number of aromatic nitrogens is 1. The molecule has 3 aliphatic carbocycles. The second-order valence-electron chi connectivity index (χ2n) is 10.7.